The molecule has 0 bridgehead atoms. The van der Waals surface area contributed by atoms with Crippen LogP contribution in [0, 0.1) is 6.92 Å². The van der Waals surface area contributed by atoms with Crippen LogP contribution >= 0.6 is 11.8 Å². The van der Waals surface area contributed by atoms with E-state index in [0.717, 1.165) is 16.9 Å². The van der Waals surface area contributed by atoms with Gasteiger partial charge in [-0.15, -0.1) is 0 Å². The van der Waals surface area contributed by atoms with E-state index in [0.29, 0.717) is 25.1 Å². The number of rotatable bonds is 11. The molecule has 0 aliphatic rings. The first-order chi connectivity index (χ1) is 17.2. The second-order valence-electron chi connectivity index (χ2n) is 10.2. The van der Waals surface area contributed by atoms with Gasteiger partial charge in [0.1, 0.15) is 6.04 Å². The summed E-state index contributed by atoms with van der Waals surface area (Å²) in [5.41, 5.74) is 4.08. The molecule has 4 nitrogen and oxygen atoms in total. The summed E-state index contributed by atoms with van der Waals surface area (Å²) in [7, 11) is 0. The van der Waals surface area contributed by atoms with E-state index in [1.807, 2.05) is 88.4 Å². The van der Waals surface area contributed by atoms with Crippen LogP contribution in [0.4, 0.5) is 0 Å². The van der Waals surface area contributed by atoms with Crippen molar-refractivity contribution in [1.29, 1.82) is 0 Å². The molecular formula is C31H38N2O2S. The third kappa shape index (κ3) is 9.19. The van der Waals surface area contributed by atoms with Crippen LogP contribution in [0.5, 0.6) is 0 Å². The molecule has 0 heterocycles. The Hall–Kier alpha value is -3.05. The second-order valence-corrected chi connectivity index (χ2v) is 11.3. The van der Waals surface area contributed by atoms with Gasteiger partial charge in [0, 0.05) is 36.4 Å². The van der Waals surface area contributed by atoms with Gasteiger partial charge in [-0.05, 0) is 44.4 Å². The Bertz CT molecular complexity index is 1090. The van der Waals surface area contributed by atoms with E-state index in [2.05, 4.69) is 29.6 Å². The van der Waals surface area contributed by atoms with E-state index >= 15 is 0 Å². The van der Waals surface area contributed by atoms with Gasteiger partial charge in [0.15, 0.2) is 0 Å². The molecular weight excluding hydrogens is 464 g/mol. The maximum atomic E-state index is 13.7. The fraction of sp³-hybridized carbons (Fsp3) is 0.355. The Morgan fingerprint density at radius 2 is 1.42 bits per heavy atom. The first-order valence-corrected chi connectivity index (χ1v) is 13.7. The first kappa shape index (κ1) is 27.5. The van der Waals surface area contributed by atoms with Crippen molar-refractivity contribution in [2.24, 2.45) is 0 Å². The molecule has 0 unspecified atom stereocenters. The lowest BCUT2D eigenvalue weighted by Crippen LogP contribution is -2.54. The molecule has 0 spiro atoms. The van der Waals surface area contributed by atoms with Crippen LogP contribution in [0.1, 0.15) is 49.4 Å². The zero-order chi connectivity index (χ0) is 26.0. The Balaban J connectivity index is 1.81. The molecule has 0 saturated carbocycles. The molecule has 2 amide bonds. The molecule has 5 heteroatoms. The van der Waals surface area contributed by atoms with E-state index in [9.17, 15) is 9.59 Å². The van der Waals surface area contributed by atoms with Crippen LogP contribution in [0.25, 0.3) is 0 Å². The smallest absolute Gasteiger partial charge is 0.243 e. The molecule has 1 N–H and O–H groups in total. The normalized spacial score (nSPS) is 12.1. The Labute approximate surface area is 220 Å². The average molecular weight is 503 g/mol. The van der Waals surface area contributed by atoms with Crippen molar-refractivity contribution in [3.05, 3.63) is 107 Å². The minimum absolute atomic E-state index is 0.00104. The maximum absolute atomic E-state index is 13.7. The molecule has 0 radical (unpaired) electrons. The van der Waals surface area contributed by atoms with E-state index in [1.54, 1.807) is 16.7 Å². The highest BCUT2D eigenvalue weighted by molar-refractivity contribution is 7.98. The maximum Gasteiger partial charge on any atom is 0.243 e. The van der Waals surface area contributed by atoms with E-state index < -0.39 is 11.6 Å². The van der Waals surface area contributed by atoms with Gasteiger partial charge in [-0.1, -0.05) is 90.5 Å². The van der Waals surface area contributed by atoms with Gasteiger partial charge in [-0.2, -0.15) is 11.8 Å². The lowest BCUT2D eigenvalue weighted by atomic mass is 10.0. The van der Waals surface area contributed by atoms with Crippen molar-refractivity contribution in [2.45, 2.75) is 64.4 Å². The number of hydrogen-bond donors (Lipinski definition) is 1. The molecule has 0 aliphatic heterocycles. The lowest BCUT2D eigenvalue weighted by Gasteiger charge is -2.34. The first-order valence-electron chi connectivity index (χ1n) is 12.5. The SMILES string of the molecule is Cc1ccc(CN(C(=O)CCSCc2ccccc2)[C@@H](Cc2ccccc2)C(=O)NC(C)(C)C)cc1. The van der Waals surface area contributed by atoms with E-state index in [1.165, 1.54) is 11.1 Å². The van der Waals surface area contributed by atoms with Crippen LogP contribution in [0.2, 0.25) is 0 Å². The number of hydrogen-bond acceptors (Lipinski definition) is 3. The van der Waals surface area contributed by atoms with Crippen LogP contribution in [0.15, 0.2) is 84.9 Å². The van der Waals surface area contributed by atoms with Crippen LogP contribution in [0.3, 0.4) is 0 Å². The molecule has 0 saturated heterocycles. The lowest BCUT2D eigenvalue weighted by molar-refractivity contribution is -0.141. The molecule has 3 aromatic carbocycles. The highest BCUT2D eigenvalue weighted by Crippen LogP contribution is 2.19. The summed E-state index contributed by atoms with van der Waals surface area (Å²) < 4.78 is 0. The van der Waals surface area contributed by atoms with E-state index in [4.69, 9.17) is 0 Å². The summed E-state index contributed by atoms with van der Waals surface area (Å²) in [6, 6.07) is 27.8. The van der Waals surface area contributed by atoms with E-state index in [-0.39, 0.29) is 11.8 Å². The van der Waals surface area contributed by atoms with Gasteiger partial charge in [0.05, 0.1) is 0 Å². The number of thioether (sulfide) groups is 1. The van der Waals surface area contributed by atoms with Gasteiger partial charge in [0.25, 0.3) is 0 Å². The number of amides is 2. The van der Waals surface area contributed by atoms with Crippen molar-refractivity contribution in [3.8, 4) is 0 Å². The third-order valence-electron chi connectivity index (χ3n) is 5.81. The summed E-state index contributed by atoms with van der Waals surface area (Å²) in [6.07, 6.45) is 0.856. The molecule has 3 aromatic rings. The molecule has 0 aliphatic carbocycles. The Kier molecular flexibility index (Phi) is 10.2. The monoisotopic (exact) mass is 502 g/mol. The highest BCUT2D eigenvalue weighted by Gasteiger charge is 2.32. The zero-order valence-corrected chi connectivity index (χ0v) is 22.7. The summed E-state index contributed by atoms with van der Waals surface area (Å²) in [5, 5.41) is 3.12. The number of carbonyl (C=O) groups excluding carboxylic acids is 2. The molecule has 3 rings (SSSR count). The van der Waals surface area contributed by atoms with Crippen molar-refractivity contribution in [2.75, 3.05) is 5.75 Å². The molecule has 0 aromatic heterocycles. The molecule has 1 atom stereocenters. The largest absolute Gasteiger partial charge is 0.350 e. The van der Waals surface area contributed by atoms with Crippen LogP contribution in [-0.4, -0.2) is 34.0 Å². The van der Waals surface area contributed by atoms with Gasteiger partial charge in [-0.25, -0.2) is 0 Å². The van der Waals surface area contributed by atoms with Crippen molar-refractivity contribution in [1.82, 2.24) is 10.2 Å². The van der Waals surface area contributed by atoms with Gasteiger partial charge in [-0.3, -0.25) is 9.59 Å². The Morgan fingerprint density at radius 3 is 2.00 bits per heavy atom. The molecule has 190 valence electrons. The van der Waals surface area contributed by atoms with Crippen LogP contribution < -0.4 is 5.32 Å². The number of carbonyl (C=O) groups is 2. The molecule has 36 heavy (non-hydrogen) atoms. The fourth-order valence-electron chi connectivity index (χ4n) is 3.96. The summed E-state index contributed by atoms with van der Waals surface area (Å²) in [6.45, 7) is 8.35. The predicted molar refractivity (Wildman–Crippen MR) is 151 cm³/mol. The van der Waals surface area contributed by atoms with Crippen LogP contribution in [-0.2, 0) is 28.3 Å². The predicted octanol–water partition coefficient (Wildman–Crippen LogP) is 6.17. The Morgan fingerprint density at radius 1 is 0.833 bits per heavy atom. The van der Waals surface area contributed by atoms with Gasteiger partial charge in [0.2, 0.25) is 11.8 Å². The summed E-state index contributed by atoms with van der Waals surface area (Å²) >= 11 is 1.75. The standard InChI is InChI=1S/C31H38N2O2S/c1-24-15-17-26(18-16-24)22-33(29(34)19-20-36-23-27-13-9-6-10-14-27)28(30(35)32-31(2,3)4)21-25-11-7-5-8-12-25/h5-18,28H,19-23H2,1-4H3,(H,32,35)/t28-/m0/s1. The quantitative estimate of drug-likeness (QED) is 0.319. The highest BCUT2D eigenvalue weighted by atomic mass is 32.2. The number of aryl methyl sites for hydroxylation is 1. The average Bonchev–Trinajstić information content (AvgIpc) is 2.85. The van der Waals surface area contributed by atoms with Gasteiger partial charge >= 0.3 is 0 Å². The van der Waals surface area contributed by atoms with Crippen molar-refractivity contribution >= 4 is 23.6 Å². The summed E-state index contributed by atoms with van der Waals surface area (Å²) in [4.78, 5) is 29.0. The number of nitrogens with one attached hydrogen (secondary N) is 1. The van der Waals surface area contributed by atoms with Gasteiger partial charge < -0.3 is 10.2 Å². The zero-order valence-electron chi connectivity index (χ0n) is 21.9. The van der Waals surface area contributed by atoms with Crippen molar-refractivity contribution in [3.63, 3.8) is 0 Å². The molecule has 0 fully saturated rings. The second kappa shape index (κ2) is 13.3. The number of nitrogens with zero attached hydrogens (tertiary/aromatic N) is 1. The minimum Gasteiger partial charge on any atom is -0.350 e. The topological polar surface area (TPSA) is 49.4 Å². The van der Waals surface area contributed by atoms with Crippen molar-refractivity contribution < 1.29 is 9.59 Å². The fourth-order valence-corrected chi connectivity index (χ4v) is 4.86. The summed E-state index contributed by atoms with van der Waals surface area (Å²) in [5.74, 6) is 1.45. The third-order valence-corrected chi connectivity index (χ3v) is 6.84. The number of benzene rings is 3. The minimum atomic E-state index is -0.598.